The van der Waals surface area contributed by atoms with Gasteiger partial charge < -0.3 is 5.01 Å². The molecule has 0 aliphatic rings. The SMILES string of the molecule is CN(C)/N=C/c1ccc([N+](=O)[O-])s1. The van der Waals surface area contributed by atoms with Crippen molar-refractivity contribution in [2.45, 2.75) is 0 Å². The zero-order valence-electron chi connectivity index (χ0n) is 7.30. The molecule has 0 amide bonds. The van der Waals surface area contributed by atoms with Crippen molar-refractivity contribution in [1.82, 2.24) is 5.01 Å². The summed E-state index contributed by atoms with van der Waals surface area (Å²) in [6.07, 6.45) is 1.59. The van der Waals surface area contributed by atoms with Crippen LogP contribution in [0.3, 0.4) is 0 Å². The highest BCUT2D eigenvalue weighted by molar-refractivity contribution is 7.16. The molecule has 0 spiro atoms. The molecule has 0 aliphatic carbocycles. The molecule has 0 unspecified atom stereocenters. The second-order valence-corrected chi connectivity index (χ2v) is 3.62. The molecule has 1 heterocycles. The second kappa shape index (κ2) is 3.99. The van der Waals surface area contributed by atoms with Gasteiger partial charge in [0.05, 0.1) is 16.0 Å². The van der Waals surface area contributed by atoms with Gasteiger partial charge in [-0.15, -0.1) is 0 Å². The zero-order chi connectivity index (χ0) is 9.84. The van der Waals surface area contributed by atoms with Crippen LogP contribution in [0.15, 0.2) is 17.2 Å². The largest absolute Gasteiger partial charge is 0.324 e. The maximum atomic E-state index is 10.3. The first kappa shape index (κ1) is 9.66. The predicted molar refractivity (Wildman–Crippen MR) is 52.3 cm³/mol. The second-order valence-electron chi connectivity index (χ2n) is 2.52. The maximum absolute atomic E-state index is 10.3. The van der Waals surface area contributed by atoms with Crippen molar-refractivity contribution in [3.8, 4) is 0 Å². The number of hydrogen-bond acceptors (Lipinski definition) is 5. The Labute approximate surface area is 79.4 Å². The highest BCUT2D eigenvalue weighted by atomic mass is 32.1. The van der Waals surface area contributed by atoms with Crippen LogP contribution in [0, 0.1) is 10.1 Å². The van der Waals surface area contributed by atoms with Crippen LogP contribution < -0.4 is 0 Å². The van der Waals surface area contributed by atoms with E-state index in [-0.39, 0.29) is 5.00 Å². The normalized spacial score (nSPS) is 10.6. The number of hydrazone groups is 1. The van der Waals surface area contributed by atoms with Crippen LogP contribution in [0.1, 0.15) is 4.88 Å². The van der Waals surface area contributed by atoms with Crippen LogP contribution >= 0.6 is 11.3 Å². The zero-order valence-corrected chi connectivity index (χ0v) is 8.11. The van der Waals surface area contributed by atoms with Gasteiger partial charge in [0.15, 0.2) is 0 Å². The van der Waals surface area contributed by atoms with Gasteiger partial charge in [-0.2, -0.15) is 5.10 Å². The summed E-state index contributed by atoms with van der Waals surface area (Å²) < 4.78 is 0. The topological polar surface area (TPSA) is 58.7 Å². The summed E-state index contributed by atoms with van der Waals surface area (Å²) in [5.41, 5.74) is 0. The lowest BCUT2D eigenvalue weighted by atomic mass is 10.5. The fourth-order valence-corrected chi connectivity index (χ4v) is 1.37. The molecule has 0 saturated heterocycles. The predicted octanol–water partition coefficient (Wildman–Crippen LogP) is 1.55. The minimum Gasteiger partial charge on any atom is -0.303 e. The van der Waals surface area contributed by atoms with Gasteiger partial charge in [-0.3, -0.25) is 10.1 Å². The Hall–Kier alpha value is -1.43. The molecule has 0 atom stereocenters. The van der Waals surface area contributed by atoms with E-state index >= 15 is 0 Å². The van der Waals surface area contributed by atoms with E-state index in [0.717, 1.165) is 16.2 Å². The van der Waals surface area contributed by atoms with Crippen LogP contribution in [0.4, 0.5) is 5.00 Å². The van der Waals surface area contributed by atoms with E-state index in [1.807, 2.05) is 0 Å². The Kier molecular flexibility index (Phi) is 2.97. The summed E-state index contributed by atoms with van der Waals surface area (Å²) in [5, 5.41) is 16.0. The van der Waals surface area contributed by atoms with E-state index in [9.17, 15) is 10.1 Å². The van der Waals surface area contributed by atoms with Crippen LogP contribution in [-0.4, -0.2) is 30.2 Å². The van der Waals surface area contributed by atoms with Gasteiger partial charge in [-0.05, 0) is 6.07 Å². The molecule has 0 fully saturated rings. The molecule has 0 aliphatic heterocycles. The van der Waals surface area contributed by atoms with Crippen molar-refractivity contribution >= 4 is 22.6 Å². The first-order valence-electron chi connectivity index (χ1n) is 3.55. The van der Waals surface area contributed by atoms with Crippen LogP contribution in [0.25, 0.3) is 0 Å². The van der Waals surface area contributed by atoms with Gasteiger partial charge in [0, 0.05) is 20.2 Å². The number of nitro groups is 1. The van der Waals surface area contributed by atoms with E-state index in [2.05, 4.69) is 5.10 Å². The summed E-state index contributed by atoms with van der Waals surface area (Å²) in [4.78, 5) is 10.7. The number of rotatable bonds is 3. The average molecular weight is 199 g/mol. The monoisotopic (exact) mass is 199 g/mol. The van der Waals surface area contributed by atoms with Gasteiger partial charge in [0.25, 0.3) is 0 Å². The van der Waals surface area contributed by atoms with E-state index in [1.54, 1.807) is 31.4 Å². The molecule has 0 aromatic carbocycles. The van der Waals surface area contributed by atoms with Gasteiger partial charge in [-0.25, -0.2) is 0 Å². The molecular formula is C7H9N3O2S. The van der Waals surface area contributed by atoms with Crippen molar-refractivity contribution in [3.05, 3.63) is 27.1 Å². The van der Waals surface area contributed by atoms with Gasteiger partial charge in [0.1, 0.15) is 0 Å². The van der Waals surface area contributed by atoms with Crippen LogP contribution in [0.2, 0.25) is 0 Å². The van der Waals surface area contributed by atoms with E-state index in [1.165, 1.54) is 6.07 Å². The Balaban J connectivity index is 2.75. The average Bonchev–Trinajstić information content (AvgIpc) is 2.48. The first-order chi connectivity index (χ1) is 6.09. The lowest BCUT2D eigenvalue weighted by Gasteiger charge is -2.00. The quantitative estimate of drug-likeness (QED) is 0.421. The summed E-state index contributed by atoms with van der Waals surface area (Å²) in [5.74, 6) is 0. The summed E-state index contributed by atoms with van der Waals surface area (Å²) >= 11 is 1.11. The summed E-state index contributed by atoms with van der Waals surface area (Å²) in [6, 6.07) is 3.15. The lowest BCUT2D eigenvalue weighted by Crippen LogP contribution is -2.01. The fraction of sp³-hybridized carbons (Fsp3) is 0.286. The fourth-order valence-electron chi connectivity index (χ4n) is 0.682. The van der Waals surface area contributed by atoms with E-state index < -0.39 is 4.92 Å². The third kappa shape index (κ3) is 2.83. The van der Waals surface area contributed by atoms with Gasteiger partial charge in [-0.1, -0.05) is 11.3 Å². The molecule has 1 aromatic heterocycles. The lowest BCUT2D eigenvalue weighted by molar-refractivity contribution is -0.380. The van der Waals surface area contributed by atoms with Crippen molar-refractivity contribution in [2.75, 3.05) is 14.1 Å². The Morgan fingerprint density at radius 1 is 1.62 bits per heavy atom. The molecule has 6 heteroatoms. The molecular weight excluding hydrogens is 190 g/mol. The Morgan fingerprint density at radius 2 is 2.31 bits per heavy atom. The maximum Gasteiger partial charge on any atom is 0.324 e. The highest BCUT2D eigenvalue weighted by Crippen LogP contribution is 2.22. The Morgan fingerprint density at radius 3 is 2.77 bits per heavy atom. The van der Waals surface area contributed by atoms with Crippen LogP contribution in [-0.2, 0) is 0 Å². The molecule has 13 heavy (non-hydrogen) atoms. The van der Waals surface area contributed by atoms with E-state index in [0.29, 0.717) is 0 Å². The number of thiophene rings is 1. The van der Waals surface area contributed by atoms with Gasteiger partial charge in [0.2, 0.25) is 0 Å². The van der Waals surface area contributed by atoms with Crippen molar-refractivity contribution in [1.29, 1.82) is 0 Å². The standard InChI is InChI=1S/C7H9N3O2S/c1-9(2)8-5-6-3-4-7(13-6)10(11)12/h3-5H,1-2H3/b8-5+. The van der Waals surface area contributed by atoms with Crippen LogP contribution in [0.5, 0.6) is 0 Å². The van der Waals surface area contributed by atoms with Crippen molar-refractivity contribution in [3.63, 3.8) is 0 Å². The molecule has 0 bridgehead atoms. The number of hydrogen-bond donors (Lipinski definition) is 0. The van der Waals surface area contributed by atoms with Crippen molar-refractivity contribution < 1.29 is 4.92 Å². The first-order valence-corrected chi connectivity index (χ1v) is 4.37. The minimum absolute atomic E-state index is 0.139. The number of nitrogens with zero attached hydrogens (tertiary/aromatic N) is 3. The third-order valence-corrected chi connectivity index (χ3v) is 2.18. The van der Waals surface area contributed by atoms with Crippen molar-refractivity contribution in [2.24, 2.45) is 5.10 Å². The summed E-state index contributed by atoms with van der Waals surface area (Å²) in [6.45, 7) is 0. The molecule has 1 aromatic rings. The molecule has 0 saturated carbocycles. The highest BCUT2D eigenvalue weighted by Gasteiger charge is 2.07. The molecule has 1 rings (SSSR count). The molecule has 0 radical (unpaired) electrons. The molecule has 70 valence electrons. The molecule has 0 N–H and O–H groups in total. The molecule has 5 nitrogen and oxygen atoms in total. The smallest absolute Gasteiger partial charge is 0.303 e. The van der Waals surface area contributed by atoms with Gasteiger partial charge >= 0.3 is 5.00 Å². The summed E-state index contributed by atoms with van der Waals surface area (Å²) in [7, 11) is 3.58. The van der Waals surface area contributed by atoms with E-state index in [4.69, 9.17) is 0 Å². The Bertz CT molecular complexity index is 332. The minimum atomic E-state index is -0.405. The third-order valence-electron chi connectivity index (χ3n) is 1.21.